The fourth-order valence-corrected chi connectivity index (χ4v) is 4.49. The van der Waals surface area contributed by atoms with E-state index in [0.717, 1.165) is 17.6 Å². The van der Waals surface area contributed by atoms with Gasteiger partial charge in [-0.2, -0.15) is 0 Å². The predicted octanol–water partition coefficient (Wildman–Crippen LogP) is 3.27. The van der Waals surface area contributed by atoms with E-state index in [1.54, 1.807) is 18.0 Å². The third-order valence-corrected chi connectivity index (χ3v) is 6.37. The fourth-order valence-electron chi connectivity index (χ4n) is 4.49. The number of amides is 1. The molecule has 1 aliphatic heterocycles. The van der Waals surface area contributed by atoms with E-state index in [1.807, 2.05) is 20.0 Å². The maximum atomic E-state index is 14.1. The summed E-state index contributed by atoms with van der Waals surface area (Å²) in [5.74, 6) is -0.000182. The van der Waals surface area contributed by atoms with Gasteiger partial charge in [-0.15, -0.1) is 0 Å². The van der Waals surface area contributed by atoms with Crippen LogP contribution in [0.15, 0.2) is 24.4 Å². The summed E-state index contributed by atoms with van der Waals surface area (Å²) in [5.41, 5.74) is 2.49. The highest BCUT2D eigenvalue weighted by molar-refractivity contribution is 5.97. The summed E-state index contributed by atoms with van der Waals surface area (Å²) in [6, 6.07) is 4.57. The third kappa shape index (κ3) is 3.70. The lowest BCUT2D eigenvalue weighted by Crippen LogP contribution is -2.38. The number of fused-ring (bicyclic) bond motifs is 1. The molecule has 1 saturated carbocycles. The number of carbonyl (C=O) groups is 1. The summed E-state index contributed by atoms with van der Waals surface area (Å²) < 4.78 is 16.2. The van der Waals surface area contributed by atoms with Gasteiger partial charge in [-0.3, -0.25) is 4.79 Å². The molecule has 154 valence electrons. The van der Waals surface area contributed by atoms with Gasteiger partial charge in [0.1, 0.15) is 5.82 Å². The van der Waals surface area contributed by atoms with E-state index >= 15 is 0 Å². The third-order valence-electron chi connectivity index (χ3n) is 6.37. The molecule has 2 heterocycles. The highest BCUT2D eigenvalue weighted by Crippen LogP contribution is 2.31. The van der Waals surface area contributed by atoms with Crippen LogP contribution in [-0.2, 0) is 0 Å². The van der Waals surface area contributed by atoms with Gasteiger partial charge in [-0.1, -0.05) is 25.3 Å². The Balaban J connectivity index is 1.88. The zero-order chi connectivity index (χ0) is 20.5. The molecule has 5 heteroatoms. The summed E-state index contributed by atoms with van der Waals surface area (Å²) in [6.07, 6.45) is 12.7. The molecule has 4 rings (SSSR count). The lowest BCUT2D eigenvalue weighted by Gasteiger charge is -2.23. The first-order valence-electron chi connectivity index (χ1n) is 10.7. The Morgan fingerprint density at radius 1 is 1.24 bits per heavy atom. The van der Waals surface area contributed by atoms with Crippen molar-refractivity contribution in [1.82, 2.24) is 14.8 Å². The molecule has 0 radical (unpaired) electrons. The number of nitrogens with zero attached hydrogens (tertiary/aromatic N) is 2. The van der Waals surface area contributed by atoms with Crippen molar-refractivity contribution in [2.24, 2.45) is 0 Å². The number of aromatic nitrogens is 1. The zero-order valence-corrected chi connectivity index (χ0v) is 17.5. The molecule has 0 spiro atoms. The van der Waals surface area contributed by atoms with Crippen LogP contribution < -0.4 is 15.9 Å². The van der Waals surface area contributed by atoms with Crippen LogP contribution in [0.25, 0.3) is 18.0 Å². The molecular weight excluding hydrogens is 365 g/mol. The molecule has 0 saturated heterocycles. The first-order valence-corrected chi connectivity index (χ1v) is 10.7. The van der Waals surface area contributed by atoms with Crippen molar-refractivity contribution in [3.63, 3.8) is 0 Å². The van der Waals surface area contributed by atoms with Crippen LogP contribution in [0.4, 0.5) is 4.39 Å². The normalized spacial score (nSPS) is 16.6. The SMILES string of the molecule is CC(C)N(C)C(=O)c1cc(F)ccc1-n1cc(C2CCCCC2)c2c1=CNCC=2. The van der Waals surface area contributed by atoms with Crippen LogP contribution in [0, 0.1) is 5.82 Å². The number of carbonyl (C=O) groups excluding carboxylic acids is 1. The van der Waals surface area contributed by atoms with Crippen LogP contribution in [0.1, 0.15) is 67.8 Å². The van der Waals surface area contributed by atoms with Crippen LogP contribution in [0.5, 0.6) is 0 Å². The van der Waals surface area contributed by atoms with Gasteiger partial charge in [0.25, 0.3) is 5.91 Å². The lowest BCUT2D eigenvalue weighted by atomic mass is 9.84. The van der Waals surface area contributed by atoms with Crippen molar-refractivity contribution in [2.45, 2.75) is 57.9 Å². The van der Waals surface area contributed by atoms with Crippen molar-refractivity contribution in [3.8, 4) is 5.69 Å². The molecule has 0 atom stereocenters. The molecule has 29 heavy (non-hydrogen) atoms. The molecule has 4 nitrogen and oxygen atoms in total. The van der Waals surface area contributed by atoms with E-state index in [0.29, 0.717) is 11.5 Å². The van der Waals surface area contributed by atoms with E-state index in [9.17, 15) is 9.18 Å². The smallest absolute Gasteiger partial charge is 0.256 e. The second-order valence-electron chi connectivity index (χ2n) is 8.52. The average molecular weight is 396 g/mol. The second kappa shape index (κ2) is 8.05. The van der Waals surface area contributed by atoms with E-state index in [1.165, 1.54) is 55.0 Å². The van der Waals surface area contributed by atoms with Crippen molar-refractivity contribution >= 4 is 18.2 Å². The standard InChI is InChI=1S/C24H30FN3O/c1-16(2)27(3)24(29)20-13-18(25)9-10-22(20)28-15-21(17-7-5-4-6-8-17)19-11-12-26-14-23(19)28/h9-11,13-17,26H,4-8,12H2,1-3H3. The number of nitrogens with one attached hydrogen (secondary N) is 1. The zero-order valence-electron chi connectivity index (χ0n) is 17.5. The van der Waals surface area contributed by atoms with Gasteiger partial charge in [-0.05, 0) is 56.4 Å². The highest BCUT2D eigenvalue weighted by atomic mass is 19.1. The molecule has 1 aromatic carbocycles. The van der Waals surface area contributed by atoms with Crippen LogP contribution in [0.2, 0.25) is 0 Å². The van der Waals surface area contributed by atoms with E-state index in [4.69, 9.17) is 0 Å². The predicted molar refractivity (Wildman–Crippen MR) is 115 cm³/mol. The molecular formula is C24H30FN3O. The maximum absolute atomic E-state index is 14.1. The maximum Gasteiger partial charge on any atom is 0.256 e. The van der Waals surface area contributed by atoms with E-state index in [-0.39, 0.29) is 11.9 Å². The Kier molecular flexibility index (Phi) is 5.48. The second-order valence-corrected chi connectivity index (χ2v) is 8.52. The van der Waals surface area contributed by atoms with Crippen LogP contribution in [0.3, 0.4) is 0 Å². The minimum Gasteiger partial charge on any atom is -0.386 e. The first-order chi connectivity index (χ1) is 14.0. The van der Waals surface area contributed by atoms with Crippen LogP contribution in [-0.4, -0.2) is 35.0 Å². The number of hydrogen-bond acceptors (Lipinski definition) is 2. The largest absolute Gasteiger partial charge is 0.386 e. The summed E-state index contributed by atoms with van der Waals surface area (Å²) in [7, 11) is 1.77. The van der Waals surface area contributed by atoms with E-state index in [2.05, 4.69) is 22.2 Å². The topological polar surface area (TPSA) is 37.3 Å². The average Bonchev–Trinajstić information content (AvgIpc) is 3.13. The Labute approximate surface area is 171 Å². The molecule has 1 aromatic heterocycles. The summed E-state index contributed by atoms with van der Waals surface area (Å²) >= 11 is 0. The summed E-state index contributed by atoms with van der Waals surface area (Å²) in [5, 5.41) is 5.60. The molecule has 1 N–H and O–H groups in total. The number of halogens is 1. The van der Waals surface area contributed by atoms with Crippen LogP contribution >= 0.6 is 0 Å². The quantitative estimate of drug-likeness (QED) is 0.863. The number of benzene rings is 1. The highest BCUT2D eigenvalue weighted by Gasteiger charge is 2.24. The molecule has 1 fully saturated rings. The fraction of sp³-hybridized carbons (Fsp3) is 0.458. The Bertz CT molecular complexity index is 1030. The Morgan fingerprint density at radius 3 is 2.72 bits per heavy atom. The molecule has 0 unspecified atom stereocenters. The number of hydrogen-bond donors (Lipinski definition) is 1. The van der Waals surface area contributed by atoms with Gasteiger partial charge in [-0.25, -0.2) is 4.39 Å². The molecule has 0 bridgehead atoms. The van der Waals surface area contributed by atoms with Gasteiger partial charge in [0.2, 0.25) is 0 Å². The van der Waals surface area contributed by atoms with Gasteiger partial charge in [0, 0.05) is 37.2 Å². The van der Waals surface area contributed by atoms with Crippen molar-refractivity contribution < 1.29 is 9.18 Å². The Morgan fingerprint density at radius 2 is 2.00 bits per heavy atom. The monoisotopic (exact) mass is 395 g/mol. The molecule has 2 aliphatic rings. The molecule has 1 amide bonds. The lowest BCUT2D eigenvalue weighted by molar-refractivity contribution is 0.0754. The van der Waals surface area contributed by atoms with Gasteiger partial charge >= 0.3 is 0 Å². The van der Waals surface area contributed by atoms with Crippen molar-refractivity contribution in [1.29, 1.82) is 0 Å². The first kappa shape index (κ1) is 19.7. The number of rotatable bonds is 4. The molecule has 2 aromatic rings. The summed E-state index contributed by atoms with van der Waals surface area (Å²) in [4.78, 5) is 14.8. The minimum absolute atomic E-state index is 0.0385. The van der Waals surface area contributed by atoms with E-state index < -0.39 is 5.82 Å². The van der Waals surface area contributed by atoms with Gasteiger partial charge < -0.3 is 14.8 Å². The minimum atomic E-state index is -0.392. The van der Waals surface area contributed by atoms with Gasteiger partial charge in [0.05, 0.1) is 16.6 Å². The Hall–Kier alpha value is -2.56. The molecule has 1 aliphatic carbocycles. The van der Waals surface area contributed by atoms with Gasteiger partial charge in [0.15, 0.2) is 0 Å². The van der Waals surface area contributed by atoms with Crippen molar-refractivity contribution in [3.05, 3.63) is 51.9 Å². The summed E-state index contributed by atoms with van der Waals surface area (Å²) in [6.45, 7) is 4.73. The van der Waals surface area contributed by atoms with Crippen molar-refractivity contribution in [2.75, 3.05) is 13.6 Å².